The summed E-state index contributed by atoms with van der Waals surface area (Å²) in [7, 11) is -2.21. The Kier molecular flexibility index (Phi) is 12.6. The maximum Gasteiger partial charge on any atom is 0.155 e. The van der Waals surface area contributed by atoms with Crippen molar-refractivity contribution in [2.45, 2.75) is 64.8 Å². The lowest BCUT2D eigenvalue weighted by Crippen LogP contribution is -2.22. The van der Waals surface area contributed by atoms with E-state index >= 15 is 0 Å². The molecule has 0 saturated carbocycles. The molecule has 60 heavy (non-hydrogen) atoms. The summed E-state index contributed by atoms with van der Waals surface area (Å²) in [5.74, 6) is 1.22. The summed E-state index contributed by atoms with van der Waals surface area (Å²) in [6, 6.07) is 29.5. The van der Waals surface area contributed by atoms with Gasteiger partial charge in [0, 0.05) is 82.0 Å². The van der Waals surface area contributed by atoms with Gasteiger partial charge in [-0.25, -0.2) is 28.7 Å². The number of aromatic nitrogens is 10. The van der Waals surface area contributed by atoms with Crippen LogP contribution in [-0.4, -0.2) is 78.5 Å². The number of hydrogen-bond acceptors (Lipinski definition) is 10. The smallest absolute Gasteiger partial charge is 0.155 e. The fourth-order valence-electron chi connectivity index (χ4n) is 6.31. The minimum absolute atomic E-state index is 0.433. The zero-order valence-electron chi connectivity index (χ0n) is 34.8. The van der Waals surface area contributed by atoms with Crippen LogP contribution in [0.15, 0.2) is 110 Å². The van der Waals surface area contributed by atoms with Gasteiger partial charge in [0.1, 0.15) is 13.5 Å². The van der Waals surface area contributed by atoms with Gasteiger partial charge in [-0.1, -0.05) is 63.5 Å². The molecular formula is C44H48N12O2Si2. The number of nitriles is 2. The van der Waals surface area contributed by atoms with Crippen LogP contribution in [0.25, 0.3) is 56.0 Å². The summed E-state index contributed by atoms with van der Waals surface area (Å²) in [5.41, 5.74) is 6.75. The summed E-state index contributed by atoms with van der Waals surface area (Å²) in [4.78, 5) is 8.73. The predicted molar refractivity (Wildman–Crippen MR) is 238 cm³/mol. The Balaban J connectivity index is 0.000000181. The quantitative estimate of drug-likeness (QED) is 0.0764. The lowest BCUT2D eigenvalue weighted by molar-refractivity contribution is 0.0791. The molecule has 14 nitrogen and oxygen atoms in total. The van der Waals surface area contributed by atoms with Gasteiger partial charge in [-0.15, -0.1) is 0 Å². The minimum Gasteiger partial charge on any atom is -0.360 e. The molecule has 6 heterocycles. The Hall–Kier alpha value is -6.57. The van der Waals surface area contributed by atoms with Gasteiger partial charge in [-0.3, -0.25) is 0 Å². The van der Waals surface area contributed by atoms with Crippen LogP contribution in [0, 0.1) is 22.7 Å². The molecule has 0 radical (unpaired) electrons. The van der Waals surface area contributed by atoms with E-state index in [0.29, 0.717) is 36.2 Å². The number of hydrogen-bond donors (Lipinski definition) is 0. The van der Waals surface area contributed by atoms with Crippen molar-refractivity contribution < 1.29 is 9.47 Å². The van der Waals surface area contributed by atoms with E-state index in [1.165, 1.54) is 0 Å². The maximum atomic E-state index is 9.18. The molecule has 304 valence electrons. The Morgan fingerprint density at radius 3 is 1.72 bits per heavy atom. The van der Waals surface area contributed by atoms with Gasteiger partial charge in [-0.05, 0) is 48.5 Å². The third-order valence-electron chi connectivity index (χ3n) is 9.69. The fourth-order valence-corrected chi connectivity index (χ4v) is 7.82. The third-order valence-corrected chi connectivity index (χ3v) is 13.1. The van der Waals surface area contributed by atoms with Crippen molar-refractivity contribution in [1.29, 1.82) is 10.5 Å². The first-order valence-electron chi connectivity index (χ1n) is 19.8. The van der Waals surface area contributed by atoms with Crippen molar-refractivity contribution in [3.63, 3.8) is 0 Å². The second kappa shape index (κ2) is 18.1. The second-order valence-electron chi connectivity index (χ2n) is 16.8. The number of rotatable bonds is 14. The molecule has 0 aliphatic rings. The molecule has 0 bridgehead atoms. The van der Waals surface area contributed by atoms with E-state index in [0.717, 1.165) is 69.6 Å². The van der Waals surface area contributed by atoms with E-state index in [1.807, 2.05) is 64.2 Å². The van der Waals surface area contributed by atoms with Gasteiger partial charge in [-0.2, -0.15) is 30.9 Å². The minimum atomic E-state index is -1.11. The lowest BCUT2D eigenvalue weighted by Gasteiger charge is -2.15. The van der Waals surface area contributed by atoms with Crippen LogP contribution in [0.1, 0.15) is 11.1 Å². The highest BCUT2D eigenvalue weighted by Crippen LogP contribution is 2.28. The van der Waals surface area contributed by atoms with Crippen LogP contribution < -0.4 is 0 Å². The van der Waals surface area contributed by atoms with Gasteiger partial charge in [0.15, 0.2) is 11.6 Å². The zero-order chi connectivity index (χ0) is 42.3. The van der Waals surface area contributed by atoms with Crippen LogP contribution >= 0.6 is 0 Å². The van der Waals surface area contributed by atoms with Gasteiger partial charge in [0.2, 0.25) is 0 Å². The average molecular weight is 833 g/mol. The number of ether oxygens (including phenoxy) is 2. The molecular weight excluding hydrogens is 785 g/mol. The molecule has 0 fully saturated rings. The first-order chi connectivity index (χ1) is 28.9. The summed E-state index contributed by atoms with van der Waals surface area (Å²) in [6.45, 7) is 16.5. The predicted octanol–water partition coefficient (Wildman–Crippen LogP) is 8.94. The van der Waals surface area contributed by atoms with Gasteiger partial charge in [0.25, 0.3) is 0 Å². The zero-order valence-corrected chi connectivity index (χ0v) is 36.8. The molecule has 0 atom stereocenters. The summed E-state index contributed by atoms with van der Waals surface area (Å²) < 4.78 is 18.9. The molecule has 0 saturated heterocycles. The number of nitrogens with zero attached hydrogens (tertiary/aromatic N) is 12. The lowest BCUT2D eigenvalue weighted by atomic mass is 10.1. The number of fused-ring (bicyclic) bond motifs is 2. The SMILES string of the molecule is C[Si](C)(C)CCOCn1cc2ccc(-c3ccnn3-c3cc(C#N)ccn3)cc2n1.C[Si](C)(C)CCOCn1ncc2ccc(-c3ccnn3-c3cc(C#N)ccn3)cc21. The van der Waals surface area contributed by atoms with Crippen LogP contribution in [0.5, 0.6) is 0 Å². The first kappa shape index (κ1) is 41.6. The average Bonchev–Trinajstić information content (AvgIpc) is 4.07. The summed E-state index contributed by atoms with van der Waals surface area (Å²) in [5, 5.41) is 38.4. The Morgan fingerprint density at radius 2 is 1.15 bits per heavy atom. The normalized spacial score (nSPS) is 11.7. The maximum absolute atomic E-state index is 9.18. The Bertz CT molecular complexity index is 2810. The van der Waals surface area contributed by atoms with E-state index < -0.39 is 16.1 Å². The molecule has 0 N–H and O–H groups in total. The van der Waals surface area contributed by atoms with Crippen molar-refractivity contribution in [3.8, 4) is 46.3 Å². The molecule has 6 aromatic heterocycles. The van der Waals surface area contributed by atoms with E-state index in [-0.39, 0.29) is 0 Å². The van der Waals surface area contributed by atoms with Crippen molar-refractivity contribution in [3.05, 3.63) is 121 Å². The van der Waals surface area contributed by atoms with Crippen molar-refractivity contribution in [1.82, 2.24) is 49.1 Å². The molecule has 0 aliphatic heterocycles. The topological polar surface area (TPSA) is 163 Å². The second-order valence-corrected chi connectivity index (χ2v) is 28.1. The number of benzene rings is 2. The van der Waals surface area contributed by atoms with Crippen LogP contribution in [0.2, 0.25) is 51.4 Å². The van der Waals surface area contributed by atoms with E-state index in [2.05, 4.69) is 87.8 Å². The molecule has 2 aromatic carbocycles. The highest BCUT2D eigenvalue weighted by Gasteiger charge is 2.16. The van der Waals surface area contributed by atoms with Crippen LogP contribution in [-0.2, 0) is 22.9 Å². The standard InChI is InChI=1S/2C22H24N6OSi/c1-30(2,3)11-10-29-16-27-15-19-5-4-18(13-20(19)26-27)21-7-9-25-28(21)22-12-17(14-23)6-8-24-22;1-30(2,3)11-10-29-16-27-21-13-18(4-5-19(21)15-26-27)20-7-9-25-28(20)22-12-17(14-23)6-8-24-22/h2*4-9,12-13,15H,10-11,16H2,1-3H3. The molecule has 16 heteroatoms. The Labute approximate surface area is 351 Å². The van der Waals surface area contributed by atoms with Gasteiger partial charge in [0.05, 0.1) is 64.3 Å². The highest BCUT2D eigenvalue weighted by molar-refractivity contribution is 6.76. The molecule has 0 spiro atoms. The third kappa shape index (κ3) is 10.3. The van der Waals surface area contributed by atoms with Crippen molar-refractivity contribution in [2.24, 2.45) is 0 Å². The largest absolute Gasteiger partial charge is 0.360 e. The number of pyridine rings is 2. The van der Waals surface area contributed by atoms with Crippen LogP contribution in [0.4, 0.5) is 0 Å². The molecule has 0 amide bonds. The van der Waals surface area contributed by atoms with E-state index in [4.69, 9.17) is 14.7 Å². The fraction of sp³-hybridized carbons (Fsp3) is 0.273. The van der Waals surface area contributed by atoms with Gasteiger partial charge < -0.3 is 9.47 Å². The summed E-state index contributed by atoms with van der Waals surface area (Å²) in [6.07, 6.45) is 10.6. The van der Waals surface area contributed by atoms with E-state index in [9.17, 15) is 5.26 Å². The molecule has 0 aliphatic carbocycles. The van der Waals surface area contributed by atoms with Crippen molar-refractivity contribution >= 4 is 38.0 Å². The van der Waals surface area contributed by atoms with E-state index in [1.54, 1.807) is 58.4 Å². The van der Waals surface area contributed by atoms with Crippen LogP contribution in [0.3, 0.4) is 0 Å². The monoisotopic (exact) mass is 832 g/mol. The first-order valence-corrected chi connectivity index (χ1v) is 27.2. The van der Waals surface area contributed by atoms with Gasteiger partial charge >= 0.3 is 0 Å². The molecule has 8 aromatic rings. The highest BCUT2D eigenvalue weighted by atomic mass is 28.3. The molecule has 0 unspecified atom stereocenters. The molecule has 8 rings (SSSR count). The Morgan fingerprint density at radius 1 is 0.600 bits per heavy atom. The summed E-state index contributed by atoms with van der Waals surface area (Å²) >= 11 is 0. The van der Waals surface area contributed by atoms with Crippen molar-refractivity contribution in [2.75, 3.05) is 13.2 Å².